The van der Waals surface area contributed by atoms with E-state index >= 15 is 0 Å². The summed E-state index contributed by atoms with van der Waals surface area (Å²) in [4.78, 5) is 14.5. The fraction of sp³-hybridized carbons (Fsp3) is 0.318. The normalized spacial score (nSPS) is 12.0. The third kappa shape index (κ3) is 4.28. The van der Waals surface area contributed by atoms with Crippen molar-refractivity contribution < 1.29 is 4.79 Å². The number of amides is 1. The molecule has 0 aliphatic rings. The van der Waals surface area contributed by atoms with Crippen LogP contribution in [0.1, 0.15) is 35.5 Å². The van der Waals surface area contributed by atoms with Gasteiger partial charge in [0.25, 0.3) is 0 Å². The molecular formula is C22H26N4OS. The van der Waals surface area contributed by atoms with Gasteiger partial charge in [-0.05, 0) is 50.5 Å². The summed E-state index contributed by atoms with van der Waals surface area (Å²) in [6.07, 6.45) is 0. The van der Waals surface area contributed by atoms with E-state index in [4.69, 9.17) is 0 Å². The van der Waals surface area contributed by atoms with E-state index in [1.807, 2.05) is 55.8 Å². The van der Waals surface area contributed by atoms with E-state index in [0.717, 1.165) is 27.8 Å². The van der Waals surface area contributed by atoms with Crippen LogP contribution in [-0.2, 0) is 4.79 Å². The molecule has 6 heteroatoms. The van der Waals surface area contributed by atoms with Crippen molar-refractivity contribution in [3.8, 4) is 5.69 Å². The van der Waals surface area contributed by atoms with Gasteiger partial charge in [0, 0.05) is 7.05 Å². The van der Waals surface area contributed by atoms with E-state index in [-0.39, 0.29) is 11.9 Å². The average molecular weight is 395 g/mol. The SMILES string of the molecule is Cc1ccc(C)c(-n2c(C)nnc2SCC(=O)N(C)C(C)c2ccccc2)c1. The minimum absolute atomic E-state index is 0.0212. The molecule has 1 amide bonds. The third-order valence-electron chi connectivity index (χ3n) is 4.98. The first-order valence-corrected chi connectivity index (χ1v) is 10.3. The van der Waals surface area contributed by atoms with Crippen molar-refractivity contribution in [1.82, 2.24) is 19.7 Å². The summed E-state index contributed by atoms with van der Waals surface area (Å²) in [5.41, 5.74) is 4.51. The molecule has 0 saturated heterocycles. The van der Waals surface area contributed by atoms with E-state index in [0.29, 0.717) is 5.75 Å². The fourth-order valence-corrected chi connectivity index (χ4v) is 3.99. The van der Waals surface area contributed by atoms with Crippen LogP contribution in [-0.4, -0.2) is 38.4 Å². The predicted molar refractivity (Wildman–Crippen MR) is 114 cm³/mol. The Hall–Kier alpha value is -2.60. The van der Waals surface area contributed by atoms with Gasteiger partial charge < -0.3 is 4.90 Å². The van der Waals surface area contributed by atoms with Crippen LogP contribution < -0.4 is 0 Å². The number of hydrogen-bond donors (Lipinski definition) is 0. The van der Waals surface area contributed by atoms with Crippen molar-refractivity contribution >= 4 is 17.7 Å². The molecule has 1 aromatic heterocycles. The van der Waals surface area contributed by atoms with Gasteiger partial charge in [-0.1, -0.05) is 54.2 Å². The van der Waals surface area contributed by atoms with E-state index in [2.05, 4.69) is 42.2 Å². The van der Waals surface area contributed by atoms with Gasteiger partial charge in [0.2, 0.25) is 5.91 Å². The topological polar surface area (TPSA) is 51.0 Å². The molecule has 0 saturated carbocycles. The van der Waals surface area contributed by atoms with Crippen LogP contribution in [0.5, 0.6) is 0 Å². The summed E-state index contributed by atoms with van der Waals surface area (Å²) >= 11 is 1.42. The first-order valence-electron chi connectivity index (χ1n) is 9.31. The maximum Gasteiger partial charge on any atom is 0.233 e. The lowest BCUT2D eigenvalue weighted by atomic mass is 10.1. The van der Waals surface area contributed by atoms with Crippen molar-refractivity contribution in [2.45, 2.75) is 38.9 Å². The van der Waals surface area contributed by atoms with E-state index < -0.39 is 0 Å². The average Bonchev–Trinajstić information content (AvgIpc) is 3.07. The smallest absolute Gasteiger partial charge is 0.233 e. The Morgan fingerprint density at radius 2 is 1.82 bits per heavy atom. The van der Waals surface area contributed by atoms with Gasteiger partial charge in [-0.2, -0.15) is 0 Å². The maximum absolute atomic E-state index is 12.8. The van der Waals surface area contributed by atoms with Gasteiger partial charge in [-0.15, -0.1) is 10.2 Å². The molecule has 0 N–H and O–H groups in total. The minimum Gasteiger partial charge on any atom is -0.338 e. The Balaban J connectivity index is 1.75. The molecule has 146 valence electrons. The number of aromatic nitrogens is 3. The van der Waals surface area contributed by atoms with Crippen molar-refractivity contribution in [1.29, 1.82) is 0 Å². The molecule has 0 aliphatic carbocycles. The molecule has 0 spiro atoms. The number of nitrogens with zero attached hydrogens (tertiary/aromatic N) is 4. The highest BCUT2D eigenvalue weighted by molar-refractivity contribution is 7.99. The lowest BCUT2D eigenvalue weighted by Gasteiger charge is -2.25. The van der Waals surface area contributed by atoms with Crippen LogP contribution in [0.3, 0.4) is 0 Å². The third-order valence-corrected chi connectivity index (χ3v) is 5.90. The number of aryl methyl sites for hydroxylation is 3. The quantitative estimate of drug-likeness (QED) is 0.578. The summed E-state index contributed by atoms with van der Waals surface area (Å²) in [5, 5.41) is 9.28. The maximum atomic E-state index is 12.8. The first kappa shape index (κ1) is 20.1. The predicted octanol–water partition coefficient (Wildman–Crippen LogP) is 4.50. The van der Waals surface area contributed by atoms with Gasteiger partial charge in [-0.25, -0.2) is 0 Å². The standard InChI is InChI=1S/C22H26N4OS/c1-15-11-12-16(2)20(13-15)26-18(4)23-24-22(26)28-14-21(27)25(5)17(3)19-9-7-6-8-10-19/h6-13,17H,14H2,1-5H3. The molecule has 0 aliphatic heterocycles. The van der Waals surface area contributed by atoms with Gasteiger partial charge in [0.05, 0.1) is 17.5 Å². The van der Waals surface area contributed by atoms with Crippen LogP contribution in [0.2, 0.25) is 0 Å². The molecule has 1 heterocycles. The molecule has 5 nitrogen and oxygen atoms in total. The van der Waals surface area contributed by atoms with Crippen molar-refractivity contribution in [3.63, 3.8) is 0 Å². The highest BCUT2D eigenvalue weighted by Gasteiger charge is 2.20. The zero-order valence-corrected chi connectivity index (χ0v) is 17.8. The lowest BCUT2D eigenvalue weighted by Crippen LogP contribution is -2.31. The lowest BCUT2D eigenvalue weighted by molar-refractivity contribution is -0.128. The van der Waals surface area contributed by atoms with Gasteiger partial charge in [0.15, 0.2) is 5.16 Å². The second-order valence-corrected chi connectivity index (χ2v) is 7.98. The molecule has 28 heavy (non-hydrogen) atoms. The van der Waals surface area contributed by atoms with Crippen molar-refractivity contribution in [3.05, 3.63) is 71.0 Å². The molecule has 2 aromatic carbocycles. The zero-order valence-electron chi connectivity index (χ0n) is 17.0. The number of benzene rings is 2. The Morgan fingerprint density at radius 3 is 2.54 bits per heavy atom. The van der Waals surface area contributed by atoms with Crippen LogP contribution in [0.4, 0.5) is 0 Å². The fourth-order valence-electron chi connectivity index (χ4n) is 3.07. The van der Waals surface area contributed by atoms with E-state index in [1.54, 1.807) is 4.90 Å². The number of hydrogen-bond acceptors (Lipinski definition) is 4. The summed E-state index contributed by atoms with van der Waals surface area (Å²) in [5.74, 6) is 1.20. The molecular weight excluding hydrogens is 368 g/mol. The van der Waals surface area contributed by atoms with Crippen LogP contribution >= 0.6 is 11.8 Å². The number of carbonyl (C=O) groups is 1. The molecule has 0 bridgehead atoms. The molecule has 3 aromatic rings. The second-order valence-electron chi connectivity index (χ2n) is 7.04. The Morgan fingerprint density at radius 1 is 1.11 bits per heavy atom. The first-order chi connectivity index (χ1) is 13.4. The summed E-state index contributed by atoms with van der Waals surface area (Å²) in [6.45, 7) is 8.12. The van der Waals surface area contributed by atoms with E-state index in [1.165, 1.54) is 17.3 Å². The van der Waals surface area contributed by atoms with E-state index in [9.17, 15) is 4.79 Å². The molecule has 0 fully saturated rings. The number of carbonyl (C=O) groups excluding carboxylic acids is 1. The Labute approximate surface area is 170 Å². The minimum atomic E-state index is 0.0212. The zero-order chi connectivity index (χ0) is 20.3. The molecule has 0 radical (unpaired) electrons. The van der Waals surface area contributed by atoms with Crippen LogP contribution in [0.25, 0.3) is 5.69 Å². The van der Waals surface area contributed by atoms with Crippen LogP contribution in [0, 0.1) is 20.8 Å². The monoisotopic (exact) mass is 394 g/mol. The molecule has 1 unspecified atom stereocenters. The molecule has 3 rings (SSSR count). The second kappa shape index (κ2) is 8.61. The Kier molecular flexibility index (Phi) is 6.19. The van der Waals surface area contributed by atoms with Gasteiger partial charge >= 0.3 is 0 Å². The van der Waals surface area contributed by atoms with Crippen molar-refractivity contribution in [2.75, 3.05) is 12.8 Å². The summed E-state index contributed by atoms with van der Waals surface area (Å²) in [7, 11) is 1.85. The van der Waals surface area contributed by atoms with Crippen LogP contribution in [0.15, 0.2) is 53.7 Å². The highest BCUT2D eigenvalue weighted by atomic mass is 32.2. The van der Waals surface area contributed by atoms with Crippen molar-refractivity contribution in [2.24, 2.45) is 0 Å². The number of thioether (sulfide) groups is 1. The summed E-state index contributed by atoms with van der Waals surface area (Å²) < 4.78 is 2.03. The highest BCUT2D eigenvalue weighted by Crippen LogP contribution is 2.26. The Bertz CT molecular complexity index is 968. The molecule has 1 atom stereocenters. The largest absolute Gasteiger partial charge is 0.338 e. The van der Waals surface area contributed by atoms with Gasteiger partial charge in [0.1, 0.15) is 5.82 Å². The summed E-state index contributed by atoms with van der Waals surface area (Å²) in [6, 6.07) is 16.4. The number of rotatable bonds is 6. The van der Waals surface area contributed by atoms with Gasteiger partial charge in [-0.3, -0.25) is 9.36 Å².